The number of rotatable bonds is 5. The molecule has 1 aliphatic carbocycles. The standard InChI is InChI=1S/C15H23NO2/c1-18-13-6-4-5-12(11-13)9-10-16-14-7-2-3-8-15(14)17/h4-6,11,14-17H,2-3,7-10H2,1H3. The fraction of sp³-hybridized carbons (Fsp3) is 0.600. The normalized spacial score (nSPS) is 23.9. The molecule has 2 unspecified atom stereocenters. The molecule has 1 fully saturated rings. The van der Waals surface area contributed by atoms with Crippen molar-refractivity contribution in [3.8, 4) is 5.75 Å². The second-order valence-corrected chi connectivity index (χ2v) is 5.01. The lowest BCUT2D eigenvalue weighted by molar-refractivity contribution is 0.0914. The van der Waals surface area contributed by atoms with Crippen molar-refractivity contribution >= 4 is 0 Å². The van der Waals surface area contributed by atoms with E-state index in [1.54, 1.807) is 7.11 Å². The number of benzene rings is 1. The highest BCUT2D eigenvalue weighted by atomic mass is 16.5. The van der Waals surface area contributed by atoms with Crippen molar-refractivity contribution in [3.05, 3.63) is 29.8 Å². The van der Waals surface area contributed by atoms with Gasteiger partial charge in [0.25, 0.3) is 0 Å². The number of aliphatic hydroxyl groups is 1. The van der Waals surface area contributed by atoms with Crippen LogP contribution in [0.2, 0.25) is 0 Å². The summed E-state index contributed by atoms with van der Waals surface area (Å²) in [6.45, 7) is 0.912. The van der Waals surface area contributed by atoms with Gasteiger partial charge in [-0.05, 0) is 43.5 Å². The molecule has 0 aromatic heterocycles. The number of ether oxygens (including phenoxy) is 1. The Bertz CT molecular complexity index is 367. The zero-order valence-corrected chi connectivity index (χ0v) is 11.1. The first-order chi connectivity index (χ1) is 8.79. The van der Waals surface area contributed by atoms with Crippen LogP contribution >= 0.6 is 0 Å². The molecule has 2 N–H and O–H groups in total. The third kappa shape index (κ3) is 3.72. The van der Waals surface area contributed by atoms with Crippen LogP contribution in [0.1, 0.15) is 31.2 Å². The minimum Gasteiger partial charge on any atom is -0.497 e. The quantitative estimate of drug-likeness (QED) is 0.840. The van der Waals surface area contributed by atoms with Crippen molar-refractivity contribution in [3.63, 3.8) is 0 Å². The molecule has 100 valence electrons. The molecule has 1 aromatic rings. The van der Waals surface area contributed by atoms with Crippen LogP contribution in [-0.2, 0) is 6.42 Å². The van der Waals surface area contributed by atoms with E-state index in [4.69, 9.17) is 4.74 Å². The molecular weight excluding hydrogens is 226 g/mol. The van der Waals surface area contributed by atoms with Gasteiger partial charge in [0.1, 0.15) is 5.75 Å². The van der Waals surface area contributed by atoms with Gasteiger partial charge in [-0.1, -0.05) is 25.0 Å². The van der Waals surface area contributed by atoms with Crippen molar-refractivity contribution in [2.45, 2.75) is 44.2 Å². The van der Waals surface area contributed by atoms with Crippen molar-refractivity contribution < 1.29 is 9.84 Å². The van der Waals surface area contributed by atoms with E-state index >= 15 is 0 Å². The second-order valence-electron chi connectivity index (χ2n) is 5.01. The molecule has 0 aliphatic heterocycles. The first-order valence-electron chi connectivity index (χ1n) is 6.84. The topological polar surface area (TPSA) is 41.5 Å². The molecule has 18 heavy (non-hydrogen) atoms. The molecule has 0 bridgehead atoms. The van der Waals surface area contributed by atoms with Crippen LogP contribution in [0.3, 0.4) is 0 Å². The fourth-order valence-electron chi connectivity index (χ4n) is 2.58. The first-order valence-corrected chi connectivity index (χ1v) is 6.84. The maximum Gasteiger partial charge on any atom is 0.119 e. The molecule has 1 aliphatic rings. The highest BCUT2D eigenvalue weighted by Gasteiger charge is 2.21. The SMILES string of the molecule is COc1cccc(CCNC2CCCCC2O)c1. The molecule has 1 aromatic carbocycles. The van der Waals surface area contributed by atoms with E-state index in [1.807, 2.05) is 12.1 Å². The largest absolute Gasteiger partial charge is 0.497 e. The summed E-state index contributed by atoms with van der Waals surface area (Å²) in [5.41, 5.74) is 1.27. The van der Waals surface area contributed by atoms with Crippen LogP contribution in [-0.4, -0.2) is 30.9 Å². The zero-order valence-electron chi connectivity index (χ0n) is 11.1. The Kier molecular flexibility index (Phi) is 5.02. The number of methoxy groups -OCH3 is 1. The minimum absolute atomic E-state index is 0.163. The minimum atomic E-state index is -0.163. The van der Waals surface area contributed by atoms with Gasteiger partial charge in [0.05, 0.1) is 13.2 Å². The molecule has 0 radical (unpaired) electrons. The van der Waals surface area contributed by atoms with E-state index in [0.29, 0.717) is 0 Å². The average Bonchev–Trinajstić information content (AvgIpc) is 2.41. The van der Waals surface area contributed by atoms with E-state index in [9.17, 15) is 5.11 Å². The Morgan fingerprint density at radius 3 is 2.94 bits per heavy atom. The molecular formula is C15H23NO2. The van der Waals surface area contributed by atoms with E-state index < -0.39 is 0 Å². The number of hydrogen-bond donors (Lipinski definition) is 2. The van der Waals surface area contributed by atoms with Crippen LogP contribution < -0.4 is 10.1 Å². The monoisotopic (exact) mass is 249 g/mol. The third-order valence-electron chi connectivity index (χ3n) is 3.68. The highest BCUT2D eigenvalue weighted by Crippen LogP contribution is 2.18. The average molecular weight is 249 g/mol. The molecule has 0 spiro atoms. The van der Waals surface area contributed by atoms with Crippen LogP contribution in [0.5, 0.6) is 5.75 Å². The van der Waals surface area contributed by atoms with Crippen molar-refractivity contribution in [1.82, 2.24) is 5.32 Å². The molecule has 0 amide bonds. The summed E-state index contributed by atoms with van der Waals surface area (Å²) in [5.74, 6) is 0.908. The predicted molar refractivity (Wildman–Crippen MR) is 73.0 cm³/mol. The van der Waals surface area contributed by atoms with E-state index in [0.717, 1.165) is 38.0 Å². The predicted octanol–water partition coefficient (Wildman–Crippen LogP) is 2.13. The van der Waals surface area contributed by atoms with Gasteiger partial charge in [-0.25, -0.2) is 0 Å². The third-order valence-corrected chi connectivity index (χ3v) is 3.68. The molecule has 0 heterocycles. The molecule has 0 saturated heterocycles. The highest BCUT2D eigenvalue weighted by molar-refractivity contribution is 5.28. The van der Waals surface area contributed by atoms with Gasteiger partial charge in [-0.2, -0.15) is 0 Å². The first kappa shape index (κ1) is 13.4. The summed E-state index contributed by atoms with van der Waals surface area (Å²) >= 11 is 0. The summed E-state index contributed by atoms with van der Waals surface area (Å²) in [7, 11) is 1.69. The van der Waals surface area contributed by atoms with Crippen molar-refractivity contribution in [2.24, 2.45) is 0 Å². The Hall–Kier alpha value is -1.06. The maximum absolute atomic E-state index is 9.87. The fourth-order valence-corrected chi connectivity index (χ4v) is 2.58. The molecule has 2 rings (SSSR count). The van der Waals surface area contributed by atoms with Crippen LogP contribution in [0.4, 0.5) is 0 Å². The molecule has 2 atom stereocenters. The zero-order chi connectivity index (χ0) is 12.8. The number of aliphatic hydroxyl groups excluding tert-OH is 1. The number of nitrogens with one attached hydrogen (secondary N) is 1. The summed E-state index contributed by atoms with van der Waals surface area (Å²) < 4.78 is 5.21. The Morgan fingerprint density at radius 2 is 2.17 bits per heavy atom. The lowest BCUT2D eigenvalue weighted by Crippen LogP contribution is -2.42. The summed E-state index contributed by atoms with van der Waals surface area (Å²) in [5, 5.41) is 13.3. The van der Waals surface area contributed by atoms with E-state index in [-0.39, 0.29) is 12.1 Å². The van der Waals surface area contributed by atoms with Gasteiger partial charge in [-0.15, -0.1) is 0 Å². The Labute approximate surface area is 109 Å². The van der Waals surface area contributed by atoms with Crippen molar-refractivity contribution in [1.29, 1.82) is 0 Å². The van der Waals surface area contributed by atoms with E-state index in [1.165, 1.54) is 12.0 Å². The molecule has 3 heteroatoms. The number of hydrogen-bond acceptors (Lipinski definition) is 3. The molecule has 1 saturated carbocycles. The lowest BCUT2D eigenvalue weighted by atomic mass is 9.92. The smallest absolute Gasteiger partial charge is 0.119 e. The van der Waals surface area contributed by atoms with Crippen molar-refractivity contribution in [2.75, 3.05) is 13.7 Å². The van der Waals surface area contributed by atoms with Crippen LogP contribution in [0.25, 0.3) is 0 Å². The van der Waals surface area contributed by atoms with Gasteiger partial charge in [0.2, 0.25) is 0 Å². The van der Waals surface area contributed by atoms with Crippen LogP contribution in [0, 0.1) is 0 Å². The van der Waals surface area contributed by atoms with Crippen LogP contribution in [0.15, 0.2) is 24.3 Å². The van der Waals surface area contributed by atoms with Gasteiger partial charge >= 0.3 is 0 Å². The second kappa shape index (κ2) is 6.76. The van der Waals surface area contributed by atoms with Gasteiger partial charge < -0.3 is 15.2 Å². The summed E-state index contributed by atoms with van der Waals surface area (Å²) in [6.07, 6.45) is 5.24. The van der Waals surface area contributed by atoms with Gasteiger partial charge in [0, 0.05) is 6.04 Å². The Balaban J connectivity index is 1.77. The lowest BCUT2D eigenvalue weighted by Gasteiger charge is -2.28. The maximum atomic E-state index is 9.87. The summed E-state index contributed by atoms with van der Waals surface area (Å²) in [6, 6.07) is 8.44. The van der Waals surface area contributed by atoms with Gasteiger partial charge in [0.15, 0.2) is 0 Å². The Morgan fingerprint density at radius 1 is 1.33 bits per heavy atom. The summed E-state index contributed by atoms with van der Waals surface area (Å²) in [4.78, 5) is 0. The van der Waals surface area contributed by atoms with E-state index in [2.05, 4.69) is 17.4 Å². The van der Waals surface area contributed by atoms with Gasteiger partial charge in [-0.3, -0.25) is 0 Å². The molecule has 3 nitrogen and oxygen atoms in total.